The summed E-state index contributed by atoms with van der Waals surface area (Å²) in [5.41, 5.74) is 0.458. The van der Waals surface area contributed by atoms with Gasteiger partial charge in [0.25, 0.3) is 0 Å². The summed E-state index contributed by atoms with van der Waals surface area (Å²) in [7, 11) is 0. The second-order valence-electron chi connectivity index (χ2n) is 8.29. The molecule has 8 heteroatoms. The molecular weight excluding hydrogens is 442 g/mol. The van der Waals surface area contributed by atoms with E-state index < -0.39 is 11.7 Å². The van der Waals surface area contributed by atoms with Gasteiger partial charge in [-0.15, -0.1) is 0 Å². The molecule has 1 saturated heterocycles. The molecule has 0 bridgehead atoms. The second kappa shape index (κ2) is 7.48. The average Bonchev–Trinajstić information content (AvgIpc) is 2.92. The highest BCUT2D eigenvalue weighted by Gasteiger charge is 2.42. The zero-order valence-corrected chi connectivity index (χ0v) is 19.0. The Bertz CT molecular complexity index is 896. The van der Waals surface area contributed by atoms with Crippen LogP contribution in [0.3, 0.4) is 0 Å². The van der Waals surface area contributed by atoms with Crippen LogP contribution in [0.25, 0.3) is 0 Å². The highest BCUT2D eigenvalue weighted by molar-refractivity contribution is 9.10. The summed E-state index contributed by atoms with van der Waals surface area (Å²) >= 11 is 4.77. The molecule has 2 heterocycles. The molecule has 1 aromatic heterocycles. The standard InChI is InChI=1S/C20H24BrN3O3S/c1-12-16(15(25)13-6-8-14(21)9-7-13)28-17(22-12)24-10-20(5,11-24)23-18(26)27-19(2,3)4/h6-9H,10-11H2,1-5H3,(H,23,26). The SMILES string of the molecule is Cc1nc(N2CC(C)(NC(=O)OC(C)(C)C)C2)sc1C(=O)c1ccc(Br)cc1. The number of rotatable bonds is 4. The smallest absolute Gasteiger partial charge is 0.408 e. The van der Waals surface area contributed by atoms with Crippen molar-refractivity contribution in [2.45, 2.75) is 45.8 Å². The number of carbonyl (C=O) groups excluding carboxylic acids is 2. The molecule has 0 atom stereocenters. The van der Waals surface area contributed by atoms with Gasteiger partial charge in [-0.05, 0) is 58.9 Å². The lowest BCUT2D eigenvalue weighted by Gasteiger charge is -2.48. The summed E-state index contributed by atoms with van der Waals surface area (Å²) in [6, 6.07) is 7.31. The predicted octanol–water partition coefficient (Wildman–Crippen LogP) is 4.55. The number of amides is 1. The molecule has 1 aliphatic heterocycles. The first-order valence-corrected chi connectivity index (χ1v) is 10.6. The molecule has 1 aliphatic rings. The van der Waals surface area contributed by atoms with E-state index in [4.69, 9.17) is 4.74 Å². The number of nitrogens with one attached hydrogen (secondary N) is 1. The van der Waals surface area contributed by atoms with Crippen LogP contribution in [0, 0.1) is 6.92 Å². The molecule has 1 fully saturated rings. The molecular formula is C20H24BrN3O3S. The van der Waals surface area contributed by atoms with E-state index in [2.05, 4.69) is 31.1 Å². The van der Waals surface area contributed by atoms with Crippen LogP contribution in [0.2, 0.25) is 0 Å². The van der Waals surface area contributed by atoms with Gasteiger partial charge in [0.2, 0.25) is 5.78 Å². The highest BCUT2D eigenvalue weighted by Crippen LogP contribution is 2.34. The molecule has 28 heavy (non-hydrogen) atoms. The number of aromatic nitrogens is 1. The van der Waals surface area contributed by atoms with E-state index in [9.17, 15) is 9.59 Å². The van der Waals surface area contributed by atoms with Gasteiger partial charge in [-0.25, -0.2) is 9.78 Å². The third-order valence-electron chi connectivity index (χ3n) is 4.25. The van der Waals surface area contributed by atoms with Crippen molar-refractivity contribution in [3.8, 4) is 0 Å². The van der Waals surface area contributed by atoms with E-state index in [1.807, 2.05) is 46.8 Å². The van der Waals surface area contributed by atoms with Gasteiger partial charge in [0.1, 0.15) is 5.60 Å². The van der Waals surface area contributed by atoms with E-state index in [-0.39, 0.29) is 11.3 Å². The molecule has 0 aliphatic carbocycles. The lowest BCUT2D eigenvalue weighted by atomic mass is 9.93. The minimum atomic E-state index is -0.529. The molecule has 0 unspecified atom stereocenters. The predicted molar refractivity (Wildman–Crippen MR) is 114 cm³/mol. The molecule has 1 amide bonds. The van der Waals surface area contributed by atoms with Crippen molar-refractivity contribution in [1.29, 1.82) is 0 Å². The van der Waals surface area contributed by atoms with Crippen LogP contribution in [0.15, 0.2) is 28.7 Å². The summed E-state index contributed by atoms with van der Waals surface area (Å²) in [6.07, 6.45) is -0.420. The summed E-state index contributed by atoms with van der Waals surface area (Å²) in [6.45, 7) is 10.6. The molecule has 1 N–H and O–H groups in total. The van der Waals surface area contributed by atoms with Gasteiger partial charge < -0.3 is 15.0 Å². The Balaban J connectivity index is 1.65. The van der Waals surface area contributed by atoms with E-state index in [0.717, 1.165) is 15.3 Å². The van der Waals surface area contributed by atoms with Crippen LogP contribution in [-0.4, -0.2) is 41.1 Å². The van der Waals surface area contributed by atoms with Gasteiger partial charge in [-0.2, -0.15) is 0 Å². The number of anilines is 1. The molecule has 0 radical (unpaired) electrons. The van der Waals surface area contributed by atoms with Gasteiger partial charge in [0, 0.05) is 23.1 Å². The van der Waals surface area contributed by atoms with Crippen LogP contribution in [0.5, 0.6) is 0 Å². The van der Waals surface area contributed by atoms with Crippen molar-refractivity contribution in [1.82, 2.24) is 10.3 Å². The molecule has 0 spiro atoms. The van der Waals surface area contributed by atoms with Crippen LogP contribution < -0.4 is 10.2 Å². The minimum Gasteiger partial charge on any atom is -0.444 e. The van der Waals surface area contributed by atoms with Gasteiger partial charge in [-0.3, -0.25) is 4.79 Å². The van der Waals surface area contributed by atoms with Crippen LogP contribution >= 0.6 is 27.3 Å². The first-order valence-electron chi connectivity index (χ1n) is 9.00. The van der Waals surface area contributed by atoms with Gasteiger partial charge in [-0.1, -0.05) is 27.3 Å². The first-order chi connectivity index (χ1) is 13.0. The summed E-state index contributed by atoms with van der Waals surface area (Å²) in [5.74, 6) is -0.0242. The Hall–Kier alpha value is -1.93. The zero-order chi connectivity index (χ0) is 20.7. The fourth-order valence-electron chi connectivity index (χ4n) is 3.02. The van der Waals surface area contributed by atoms with E-state index >= 15 is 0 Å². The number of thiazole rings is 1. The normalized spacial score (nSPS) is 15.7. The van der Waals surface area contributed by atoms with Crippen molar-refractivity contribution >= 4 is 44.3 Å². The summed E-state index contributed by atoms with van der Waals surface area (Å²) in [5, 5.41) is 3.72. The summed E-state index contributed by atoms with van der Waals surface area (Å²) < 4.78 is 6.27. The Morgan fingerprint density at radius 1 is 1.25 bits per heavy atom. The fourth-order valence-corrected chi connectivity index (χ4v) is 4.31. The molecule has 1 aromatic carbocycles. The molecule has 3 rings (SSSR count). The number of aryl methyl sites for hydroxylation is 1. The monoisotopic (exact) mass is 465 g/mol. The first kappa shape index (κ1) is 20.8. The number of carbonyl (C=O) groups is 2. The van der Waals surface area contributed by atoms with Crippen LogP contribution in [0.4, 0.5) is 9.93 Å². The Labute approximate surface area is 177 Å². The van der Waals surface area contributed by atoms with E-state index in [1.165, 1.54) is 11.3 Å². The third kappa shape index (κ3) is 4.72. The average molecular weight is 466 g/mol. The third-order valence-corrected chi connectivity index (χ3v) is 6.00. The lowest BCUT2D eigenvalue weighted by Crippen LogP contribution is -2.69. The largest absolute Gasteiger partial charge is 0.444 e. The topological polar surface area (TPSA) is 71.5 Å². The number of alkyl carbamates (subject to hydrolysis) is 1. The number of benzene rings is 1. The van der Waals surface area contributed by atoms with Crippen molar-refractivity contribution in [2.24, 2.45) is 0 Å². The highest BCUT2D eigenvalue weighted by atomic mass is 79.9. The maximum atomic E-state index is 12.8. The zero-order valence-electron chi connectivity index (χ0n) is 16.6. The molecule has 150 valence electrons. The number of nitrogens with zero attached hydrogens (tertiary/aromatic N) is 2. The number of hydrogen-bond donors (Lipinski definition) is 1. The maximum Gasteiger partial charge on any atom is 0.408 e. The summed E-state index contributed by atoms with van der Waals surface area (Å²) in [4.78, 5) is 32.1. The number of hydrogen-bond acceptors (Lipinski definition) is 6. The molecule has 6 nitrogen and oxygen atoms in total. The van der Waals surface area contributed by atoms with Crippen LogP contribution in [0.1, 0.15) is 48.6 Å². The van der Waals surface area contributed by atoms with Crippen LogP contribution in [-0.2, 0) is 4.74 Å². The minimum absolute atomic E-state index is 0.0242. The van der Waals surface area contributed by atoms with Gasteiger partial charge in [0.15, 0.2) is 5.13 Å². The number of halogens is 1. The second-order valence-corrected chi connectivity index (χ2v) is 10.2. The van der Waals surface area contributed by atoms with Crippen molar-refractivity contribution < 1.29 is 14.3 Å². The van der Waals surface area contributed by atoms with Crippen molar-refractivity contribution in [2.75, 3.05) is 18.0 Å². The number of ether oxygens (including phenoxy) is 1. The fraction of sp³-hybridized carbons (Fsp3) is 0.450. The molecule has 0 saturated carbocycles. The van der Waals surface area contributed by atoms with Gasteiger partial charge >= 0.3 is 6.09 Å². The maximum absolute atomic E-state index is 12.8. The lowest BCUT2D eigenvalue weighted by molar-refractivity contribution is 0.0445. The Morgan fingerprint density at radius 2 is 1.86 bits per heavy atom. The molecule has 2 aromatic rings. The van der Waals surface area contributed by atoms with E-state index in [1.54, 1.807) is 12.1 Å². The quantitative estimate of drug-likeness (QED) is 0.670. The Kier molecular flexibility index (Phi) is 5.55. The van der Waals surface area contributed by atoms with E-state index in [0.29, 0.717) is 23.5 Å². The number of ketones is 1. The van der Waals surface area contributed by atoms with Gasteiger partial charge in [0.05, 0.1) is 16.1 Å². The van der Waals surface area contributed by atoms with Crippen molar-refractivity contribution in [3.05, 3.63) is 44.9 Å². The van der Waals surface area contributed by atoms with Crippen molar-refractivity contribution in [3.63, 3.8) is 0 Å². The Morgan fingerprint density at radius 3 is 2.43 bits per heavy atom.